The molecule has 0 spiro atoms. The fourth-order valence-electron chi connectivity index (χ4n) is 2.69. The molecule has 0 saturated carbocycles. The molecule has 6 heteroatoms. The molecule has 0 bridgehead atoms. The molecule has 1 atom stereocenters. The van der Waals surface area contributed by atoms with Crippen molar-refractivity contribution in [2.45, 2.75) is 31.8 Å². The summed E-state index contributed by atoms with van der Waals surface area (Å²) < 4.78 is 14.1. The topological polar surface area (TPSA) is 62.2 Å². The van der Waals surface area contributed by atoms with E-state index in [2.05, 4.69) is 16.4 Å². The van der Waals surface area contributed by atoms with Crippen molar-refractivity contribution < 1.29 is 14.3 Å². The predicted octanol–water partition coefficient (Wildman–Crippen LogP) is 4.00. The van der Waals surface area contributed by atoms with Crippen molar-refractivity contribution in [1.82, 2.24) is 10.3 Å². The molecule has 0 fully saturated rings. The molecule has 1 unspecified atom stereocenters. The number of hydrogen-bond acceptors (Lipinski definition) is 4. The molecule has 26 heavy (non-hydrogen) atoms. The number of carbonyl (C=O) groups is 1. The Hall–Kier alpha value is -2.31. The van der Waals surface area contributed by atoms with E-state index in [1.807, 2.05) is 18.2 Å². The van der Waals surface area contributed by atoms with Gasteiger partial charge in [0.2, 0.25) is 5.91 Å². The number of nitrogens with one attached hydrogen (secondary N) is 1. The molecule has 1 heterocycles. The Labute approximate surface area is 155 Å². The summed E-state index contributed by atoms with van der Waals surface area (Å²) in [6.07, 6.45) is 2.12. The zero-order chi connectivity index (χ0) is 18.4. The highest BCUT2D eigenvalue weighted by Gasteiger charge is 2.10. The van der Waals surface area contributed by atoms with E-state index >= 15 is 0 Å². The lowest BCUT2D eigenvalue weighted by molar-refractivity contribution is -0.121. The standard InChI is InChI=1S/C20H21FN2O2S/c21-15-11-9-14(10-12-15)17(24)13-22-19(25)7-3-4-8-20-23-16-5-1-2-6-18(16)26-20/h1-2,5-6,9-12,17,24H,3-4,7-8,13H2,(H,22,25). The first-order valence-corrected chi connectivity index (χ1v) is 9.48. The zero-order valence-corrected chi connectivity index (χ0v) is 15.1. The minimum atomic E-state index is -0.831. The lowest BCUT2D eigenvalue weighted by Crippen LogP contribution is -2.28. The number of para-hydroxylation sites is 1. The maximum atomic E-state index is 12.9. The number of benzene rings is 2. The maximum Gasteiger partial charge on any atom is 0.220 e. The molecular formula is C20H21FN2O2S. The first-order valence-electron chi connectivity index (χ1n) is 8.66. The highest BCUT2D eigenvalue weighted by atomic mass is 32.1. The quantitative estimate of drug-likeness (QED) is 0.588. The number of carbonyl (C=O) groups excluding carboxylic acids is 1. The minimum absolute atomic E-state index is 0.0875. The van der Waals surface area contributed by atoms with Gasteiger partial charge in [-0.05, 0) is 49.1 Å². The first kappa shape index (κ1) is 18.5. The van der Waals surface area contributed by atoms with Gasteiger partial charge in [0.05, 0.1) is 21.3 Å². The number of hydrogen-bond donors (Lipinski definition) is 2. The van der Waals surface area contributed by atoms with Crippen molar-refractivity contribution in [3.05, 3.63) is 64.9 Å². The molecule has 0 aliphatic carbocycles. The average Bonchev–Trinajstić information content (AvgIpc) is 3.06. The van der Waals surface area contributed by atoms with Gasteiger partial charge in [0.25, 0.3) is 0 Å². The fraction of sp³-hybridized carbons (Fsp3) is 0.300. The van der Waals surface area contributed by atoms with Gasteiger partial charge in [0.1, 0.15) is 5.82 Å². The number of amides is 1. The number of aryl methyl sites for hydroxylation is 1. The van der Waals surface area contributed by atoms with Gasteiger partial charge in [-0.2, -0.15) is 0 Å². The number of thiazole rings is 1. The summed E-state index contributed by atoms with van der Waals surface area (Å²) >= 11 is 1.70. The normalized spacial score (nSPS) is 12.2. The summed E-state index contributed by atoms with van der Waals surface area (Å²) in [6.45, 7) is 0.127. The van der Waals surface area contributed by atoms with Crippen LogP contribution in [0, 0.1) is 5.82 Å². The van der Waals surface area contributed by atoms with Crippen molar-refractivity contribution in [2.24, 2.45) is 0 Å². The van der Waals surface area contributed by atoms with Crippen molar-refractivity contribution in [3.8, 4) is 0 Å². The Balaban J connectivity index is 1.35. The third kappa shape index (κ3) is 5.09. The second-order valence-corrected chi connectivity index (χ2v) is 7.27. The highest BCUT2D eigenvalue weighted by Crippen LogP contribution is 2.22. The van der Waals surface area contributed by atoms with E-state index in [1.54, 1.807) is 11.3 Å². The number of aromatic nitrogens is 1. The molecule has 3 rings (SSSR count). The molecule has 0 aliphatic heterocycles. The van der Waals surface area contributed by atoms with E-state index in [9.17, 15) is 14.3 Å². The van der Waals surface area contributed by atoms with Gasteiger partial charge in [-0.25, -0.2) is 9.37 Å². The van der Waals surface area contributed by atoms with Gasteiger partial charge >= 0.3 is 0 Å². The van der Waals surface area contributed by atoms with Gasteiger partial charge in [-0.15, -0.1) is 11.3 Å². The number of rotatable bonds is 8. The predicted molar refractivity (Wildman–Crippen MR) is 102 cm³/mol. The summed E-state index contributed by atoms with van der Waals surface area (Å²) in [5.41, 5.74) is 1.61. The van der Waals surface area contributed by atoms with E-state index in [-0.39, 0.29) is 18.3 Å². The molecular weight excluding hydrogens is 351 g/mol. The van der Waals surface area contributed by atoms with Crippen molar-refractivity contribution in [2.75, 3.05) is 6.54 Å². The fourth-order valence-corrected chi connectivity index (χ4v) is 3.70. The van der Waals surface area contributed by atoms with E-state index in [0.29, 0.717) is 12.0 Å². The van der Waals surface area contributed by atoms with Gasteiger partial charge in [-0.3, -0.25) is 4.79 Å². The Morgan fingerprint density at radius 2 is 1.92 bits per heavy atom. The molecule has 0 radical (unpaired) electrons. The molecule has 1 amide bonds. The van der Waals surface area contributed by atoms with Crippen LogP contribution in [0.4, 0.5) is 4.39 Å². The first-order chi connectivity index (χ1) is 12.6. The summed E-state index contributed by atoms with van der Waals surface area (Å²) in [6, 6.07) is 13.7. The monoisotopic (exact) mass is 372 g/mol. The number of aliphatic hydroxyl groups excluding tert-OH is 1. The van der Waals surface area contributed by atoms with Crippen LogP contribution in [-0.4, -0.2) is 22.5 Å². The van der Waals surface area contributed by atoms with Gasteiger partial charge < -0.3 is 10.4 Å². The van der Waals surface area contributed by atoms with Gasteiger partial charge in [0.15, 0.2) is 0 Å². The summed E-state index contributed by atoms with van der Waals surface area (Å²) in [5, 5.41) is 13.8. The van der Waals surface area contributed by atoms with Gasteiger partial charge in [0, 0.05) is 13.0 Å². The van der Waals surface area contributed by atoms with Gasteiger partial charge in [-0.1, -0.05) is 24.3 Å². The van der Waals surface area contributed by atoms with Crippen LogP contribution in [0.5, 0.6) is 0 Å². The second-order valence-electron chi connectivity index (χ2n) is 6.15. The summed E-state index contributed by atoms with van der Waals surface area (Å²) in [7, 11) is 0. The number of nitrogens with zero attached hydrogens (tertiary/aromatic N) is 1. The molecule has 4 nitrogen and oxygen atoms in total. The number of aliphatic hydroxyl groups is 1. The van der Waals surface area contributed by atoms with Crippen molar-refractivity contribution in [3.63, 3.8) is 0 Å². The van der Waals surface area contributed by atoms with Crippen LogP contribution >= 0.6 is 11.3 Å². The van der Waals surface area contributed by atoms with E-state index in [0.717, 1.165) is 29.8 Å². The minimum Gasteiger partial charge on any atom is -0.387 e. The van der Waals surface area contributed by atoms with Crippen LogP contribution in [0.2, 0.25) is 0 Å². The largest absolute Gasteiger partial charge is 0.387 e. The second kappa shape index (κ2) is 8.87. The van der Waals surface area contributed by atoms with E-state index in [1.165, 1.54) is 29.0 Å². The van der Waals surface area contributed by atoms with Crippen molar-refractivity contribution >= 4 is 27.5 Å². The van der Waals surface area contributed by atoms with Crippen LogP contribution < -0.4 is 5.32 Å². The SMILES string of the molecule is O=C(CCCCc1nc2ccccc2s1)NCC(O)c1ccc(F)cc1. The summed E-state index contributed by atoms with van der Waals surface area (Å²) in [5.74, 6) is -0.437. The third-order valence-corrected chi connectivity index (χ3v) is 5.23. The molecule has 0 saturated heterocycles. The Morgan fingerprint density at radius 3 is 2.69 bits per heavy atom. The lowest BCUT2D eigenvalue weighted by atomic mass is 10.1. The highest BCUT2D eigenvalue weighted by molar-refractivity contribution is 7.18. The molecule has 136 valence electrons. The van der Waals surface area contributed by atoms with Crippen LogP contribution in [0.25, 0.3) is 10.2 Å². The van der Waals surface area contributed by atoms with E-state index < -0.39 is 6.10 Å². The Morgan fingerprint density at radius 1 is 1.15 bits per heavy atom. The van der Waals surface area contributed by atoms with Crippen LogP contribution in [0.3, 0.4) is 0 Å². The number of fused-ring (bicyclic) bond motifs is 1. The maximum absolute atomic E-state index is 12.9. The van der Waals surface area contributed by atoms with Crippen LogP contribution in [-0.2, 0) is 11.2 Å². The number of unbranched alkanes of at least 4 members (excludes halogenated alkanes) is 1. The Kier molecular flexibility index (Phi) is 6.30. The summed E-state index contributed by atoms with van der Waals surface area (Å²) in [4.78, 5) is 16.5. The average molecular weight is 372 g/mol. The molecule has 2 N–H and O–H groups in total. The number of halogens is 1. The molecule has 3 aromatic rings. The molecule has 2 aromatic carbocycles. The smallest absolute Gasteiger partial charge is 0.220 e. The zero-order valence-electron chi connectivity index (χ0n) is 14.3. The van der Waals surface area contributed by atoms with E-state index in [4.69, 9.17) is 0 Å². The van der Waals surface area contributed by atoms with Crippen molar-refractivity contribution in [1.29, 1.82) is 0 Å². The lowest BCUT2D eigenvalue weighted by Gasteiger charge is -2.12. The third-order valence-electron chi connectivity index (χ3n) is 4.13. The van der Waals surface area contributed by atoms with Crippen LogP contribution in [0.15, 0.2) is 48.5 Å². The molecule has 1 aromatic heterocycles. The molecule has 0 aliphatic rings. The Bertz CT molecular complexity index is 831. The van der Waals surface area contributed by atoms with Crippen LogP contribution in [0.1, 0.15) is 35.9 Å².